The van der Waals surface area contributed by atoms with E-state index in [0.717, 1.165) is 6.54 Å². The fourth-order valence-electron chi connectivity index (χ4n) is 6.59. The summed E-state index contributed by atoms with van der Waals surface area (Å²) in [7, 11) is 1.34. The molecule has 250 valence electrons. The van der Waals surface area contributed by atoms with Crippen LogP contribution in [0.1, 0.15) is 26.2 Å². The van der Waals surface area contributed by atoms with E-state index in [2.05, 4.69) is 190 Å². The molecular formula is C44H48FeN2P2+2. The Morgan fingerprint density at radius 1 is 0.571 bits per heavy atom. The van der Waals surface area contributed by atoms with Crippen molar-refractivity contribution in [3.8, 4) is 0 Å². The number of benzene rings is 4. The molecule has 1 atom stereocenters. The Morgan fingerprint density at radius 2 is 1.02 bits per heavy atom. The fourth-order valence-corrected chi connectivity index (χ4v) is 11.4. The molecule has 4 aromatic carbocycles. The quantitative estimate of drug-likeness (QED) is 0.114. The van der Waals surface area contributed by atoms with Gasteiger partial charge in [-0.1, -0.05) is 128 Å². The van der Waals surface area contributed by atoms with Gasteiger partial charge in [0.25, 0.3) is 0 Å². The Labute approximate surface area is 311 Å². The molecule has 2 saturated carbocycles. The van der Waals surface area contributed by atoms with Gasteiger partial charge in [0.2, 0.25) is 0 Å². The molecule has 1 aliphatic heterocycles. The van der Waals surface area contributed by atoms with E-state index in [0.29, 0.717) is 6.04 Å². The van der Waals surface area contributed by atoms with Gasteiger partial charge in [0.05, 0.1) is 0 Å². The number of rotatable bonds is 11. The first-order valence-electron chi connectivity index (χ1n) is 17.4. The van der Waals surface area contributed by atoms with E-state index in [1.807, 2.05) is 0 Å². The van der Waals surface area contributed by atoms with E-state index in [1.165, 1.54) is 77.4 Å². The molecule has 10 radical (unpaired) electrons. The van der Waals surface area contributed by atoms with Gasteiger partial charge in [-0.2, -0.15) is 0 Å². The molecule has 0 bridgehead atoms. The van der Waals surface area contributed by atoms with Crippen molar-refractivity contribution in [1.82, 2.24) is 9.80 Å². The van der Waals surface area contributed by atoms with Crippen molar-refractivity contribution >= 4 is 37.1 Å². The predicted molar refractivity (Wildman–Crippen MR) is 210 cm³/mol. The van der Waals surface area contributed by atoms with Crippen LogP contribution in [-0.4, -0.2) is 49.1 Å². The maximum Gasteiger partial charge on any atom is 2.00 e. The van der Waals surface area contributed by atoms with Crippen LogP contribution in [0.2, 0.25) is 0 Å². The molecule has 0 aromatic heterocycles. The van der Waals surface area contributed by atoms with Gasteiger partial charge in [0.15, 0.2) is 0 Å². The number of piperidine rings is 1. The van der Waals surface area contributed by atoms with E-state index < -0.39 is 15.8 Å². The molecule has 0 amide bonds. The molecule has 0 unspecified atom stereocenters. The third-order valence-corrected chi connectivity index (χ3v) is 14.3. The third-order valence-electron chi connectivity index (χ3n) is 9.36. The number of hydrogen-bond acceptors (Lipinski definition) is 2. The summed E-state index contributed by atoms with van der Waals surface area (Å²) in [5.41, 5.74) is 2.92. The standard InChI is InChI=1S/C27H34N2P.C17H14P.Fe/c1-23(28(2)21-22-29-19-10-5-11-20-29)26-17-12-18-27(26)30(24-13-6-3-7-14-24)25-15-8-4-9-16-25;1-3-9-15(10-4-1)18(17-13-7-8-14-17)16-11-5-2-6-12-16;/h3-4,6-9,12-18,23H,5,10-11,19-22H2,1-2H3;1-14H;/q;;+2/t23-;;/m0../s1. The SMILES string of the molecule is C[C@@H]([C]1[CH][CH][CH][C]1P(c1ccccc1)c1ccccc1)N(C)CCN1CCCCC1.[CH]1[CH][CH][C](P(c2ccccc2)c2ccccc2)[CH]1.[Fe+2]. The summed E-state index contributed by atoms with van der Waals surface area (Å²) in [6.07, 6.45) is 19.8. The zero-order valence-corrected chi connectivity index (χ0v) is 31.7. The average molecular weight is 723 g/mol. The van der Waals surface area contributed by atoms with Crippen LogP contribution in [0, 0.1) is 62.2 Å². The minimum absolute atomic E-state index is 0. The molecule has 0 N–H and O–H groups in total. The maximum atomic E-state index is 2.64. The van der Waals surface area contributed by atoms with Crippen molar-refractivity contribution in [3.63, 3.8) is 0 Å². The third kappa shape index (κ3) is 10.6. The van der Waals surface area contributed by atoms with Gasteiger partial charge in [0, 0.05) is 36.4 Å². The Morgan fingerprint density at radius 3 is 1.49 bits per heavy atom. The fraction of sp³-hybridized carbons (Fsp3) is 0.227. The summed E-state index contributed by atoms with van der Waals surface area (Å²) in [6.45, 7) is 7.23. The van der Waals surface area contributed by atoms with Gasteiger partial charge in [-0.05, 0) is 122 Å². The molecule has 2 aliphatic carbocycles. The molecule has 4 aromatic rings. The molecular weight excluding hydrogens is 674 g/mol. The Balaban J connectivity index is 0.000000210. The topological polar surface area (TPSA) is 6.48 Å². The molecule has 2 nitrogen and oxygen atoms in total. The zero-order chi connectivity index (χ0) is 33.0. The van der Waals surface area contributed by atoms with Gasteiger partial charge in [0.1, 0.15) is 0 Å². The van der Waals surface area contributed by atoms with E-state index in [1.54, 1.807) is 0 Å². The number of likely N-dealkylation sites (N-methyl/N-ethyl adjacent to an activating group) is 1. The van der Waals surface area contributed by atoms with E-state index in [-0.39, 0.29) is 17.1 Å². The predicted octanol–water partition coefficient (Wildman–Crippen LogP) is 8.14. The number of hydrogen-bond donors (Lipinski definition) is 0. The van der Waals surface area contributed by atoms with Crippen LogP contribution in [0.4, 0.5) is 0 Å². The van der Waals surface area contributed by atoms with Crippen LogP contribution in [0.5, 0.6) is 0 Å². The Bertz CT molecular complexity index is 1370. The van der Waals surface area contributed by atoms with Crippen molar-refractivity contribution in [3.05, 3.63) is 184 Å². The second-order valence-electron chi connectivity index (χ2n) is 12.6. The van der Waals surface area contributed by atoms with E-state index in [4.69, 9.17) is 0 Å². The van der Waals surface area contributed by atoms with Crippen LogP contribution in [0.25, 0.3) is 0 Å². The minimum Gasteiger partial charge on any atom is -0.302 e. The average Bonchev–Trinajstić information content (AvgIpc) is 3.87. The smallest absolute Gasteiger partial charge is 0.302 e. The second kappa shape index (κ2) is 20.3. The molecule has 1 heterocycles. The number of nitrogens with zero attached hydrogens (tertiary/aromatic N) is 2. The molecule has 3 fully saturated rings. The first-order valence-corrected chi connectivity index (χ1v) is 20.1. The second-order valence-corrected chi connectivity index (χ2v) is 17.0. The monoisotopic (exact) mass is 722 g/mol. The Hall–Kier alpha value is -1.82. The molecule has 7 rings (SSSR count). The minimum atomic E-state index is -0.545. The van der Waals surface area contributed by atoms with Gasteiger partial charge in [-0.3, -0.25) is 0 Å². The molecule has 5 heteroatoms. The van der Waals surface area contributed by atoms with Crippen molar-refractivity contribution in [2.24, 2.45) is 0 Å². The summed E-state index contributed by atoms with van der Waals surface area (Å²) in [6, 6.07) is 44.0. The van der Waals surface area contributed by atoms with Crippen LogP contribution in [0.15, 0.2) is 121 Å². The molecule has 3 aliphatic rings. The van der Waals surface area contributed by atoms with Gasteiger partial charge in [-0.25, -0.2) is 0 Å². The zero-order valence-electron chi connectivity index (χ0n) is 28.8. The van der Waals surface area contributed by atoms with Crippen LogP contribution in [0.3, 0.4) is 0 Å². The summed E-state index contributed by atoms with van der Waals surface area (Å²) in [5, 5.41) is 5.67. The first-order chi connectivity index (χ1) is 23.7. The largest absolute Gasteiger partial charge is 2.00 e. The summed E-state index contributed by atoms with van der Waals surface area (Å²) < 4.78 is 0. The normalized spacial score (nSPS) is 18.4. The maximum absolute atomic E-state index is 2.64. The van der Waals surface area contributed by atoms with Gasteiger partial charge >= 0.3 is 17.1 Å². The molecule has 0 spiro atoms. The summed E-state index contributed by atoms with van der Waals surface area (Å²) in [5.74, 6) is 1.48. The van der Waals surface area contributed by atoms with Crippen molar-refractivity contribution in [2.75, 3.05) is 33.2 Å². The first kappa shape index (κ1) is 38.4. The van der Waals surface area contributed by atoms with Crippen molar-refractivity contribution in [2.45, 2.75) is 32.2 Å². The van der Waals surface area contributed by atoms with Crippen LogP contribution < -0.4 is 21.2 Å². The van der Waals surface area contributed by atoms with Crippen molar-refractivity contribution in [1.29, 1.82) is 0 Å². The summed E-state index contributed by atoms with van der Waals surface area (Å²) in [4.78, 5) is 5.18. The van der Waals surface area contributed by atoms with Gasteiger partial charge in [-0.15, -0.1) is 0 Å². The van der Waals surface area contributed by atoms with Gasteiger partial charge < -0.3 is 9.80 Å². The Kier molecular flexibility index (Phi) is 15.9. The van der Waals surface area contributed by atoms with Crippen LogP contribution in [-0.2, 0) is 17.1 Å². The van der Waals surface area contributed by atoms with E-state index >= 15 is 0 Å². The number of likely N-dealkylation sites (tertiary alicyclic amines) is 1. The van der Waals surface area contributed by atoms with Crippen LogP contribution >= 0.6 is 15.8 Å². The van der Waals surface area contributed by atoms with Crippen molar-refractivity contribution < 1.29 is 17.1 Å². The van der Waals surface area contributed by atoms with E-state index in [9.17, 15) is 0 Å². The molecule has 49 heavy (non-hydrogen) atoms. The summed E-state index contributed by atoms with van der Waals surface area (Å²) >= 11 is 0. The molecule has 1 saturated heterocycles.